The number of H-pyrrole nitrogens is 1. The fourth-order valence-corrected chi connectivity index (χ4v) is 2.47. The van der Waals surface area contributed by atoms with Crippen LogP contribution in [0.3, 0.4) is 0 Å². The number of nitrogens with one attached hydrogen (secondary N) is 1. The van der Waals surface area contributed by atoms with Crippen LogP contribution in [0.2, 0.25) is 5.15 Å². The molecular weight excluding hydrogens is 285 g/mol. The number of hydrogen-bond donors (Lipinski definition) is 1. The van der Waals surface area contributed by atoms with E-state index in [9.17, 15) is 4.39 Å². The van der Waals surface area contributed by atoms with Crippen LogP contribution in [0.1, 0.15) is 0 Å². The molecule has 0 aliphatic rings. The Labute approximate surface area is 118 Å². The third kappa shape index (κ3) is 2.31. The van der Waals surface area contributed by atoms with Gasteiger partial charge in [0.05, 0.1) is 5.39 Å². The number of aromatic amines is 1. The first-order chi connectivity index (χ1) is 9.17. The molecule has 3 nitrogen and oxygen atoms in total. The van der Waals surface area contributed by atoms with E-state index in [4.69, 9.17) is 11.6 Å². The van der Waals surface area contributed by atoms with Crippen molar-refractivity contribution in [2.45, 2.75) is 5.16 Å². The summed E-state index contributed by atoms with van der Waals surface area (Å²) in [5.41, 5.74) is 2.40. The number of thioether (sulfide) groups is 1. The fraction of sp³-hybridized carbons (Fsp3) is 0.0769. The Kier molecular flexibility index (Phi) is 3.16. The lowest BCUT2D eigenvalue weighted by Gasteiger charge is -1.96. The summed E-state index contributed by atoms with van der Waals surface area (Å²) in [5.74, 6) is -0.262. The van der Waals surface area contributed by atoms with Crippen molar-refractivity contribution < 1.29 is 4.39 Å². The molecule has 1 aromatic carbocycles. The minimum atomic E-state index is -0.262. The molecule has 0 saturated heterocycles. The van der Waals surface area contributed by atoms with Crippen molar-refractivity contribution in [3.63, 3.8) is 0 Å². The van der Waals surface area contributed by atoms with Crippen molar-refractivity contribution in [3.8, 4) is 11.3 Å². The maximum atomic E-state index is 12.9. The van der Waals surface area contributed by atoms with Crippen LogP contribution >= 0.6 is 23.4 Å². The van der Waals surface area contributed by atoms with E-state index in [1.54, 1.807) is 12.1 Å². The highest BCUT2D eigenvalue weighted by atomic mass is 35.5. The smallest absolute Gasteiger partial charge is 0.190 e. The van der Waals surface area contributed by atoms with E-state index < -0.39 is 0 Å². The number of benzene rings is 1. The Morgan fingerprint density at radius 1 is 1.21 bits per heavy atom. The van der Waals surface area contributed by atoms with Crippen LogP contribution in [-0.4, -0.2) is 21.2 Å². The van der Waals surface area contributed by atoms with E-state index in [1.165, 1.54) is 23.9 Å². The Balaban J connectivity index is 2.16. The summed E-state index contributed by atoms with van der Waals surface area (Å²) in [7, 11) is 0. The van der Waals surface area contributed by atoms with E-state index >= 15 is 0 Å². The SMILES string of the molecule is CSc1nc(Cl)c2cc(-c3ccc(F)cc3)[nH]c2n1. The largest absolute Gasteiger partial charge is 0.339 e. The highest BCUT2D eigenvalue weighted by molar-refractivity contribution is 7.98. The van der Waals surface area contributed by atoms with Gasteiger partial charge in [-0.1, -0.05) is 23.4 Å². The van der Waals surface area contributed by atoms with E-state index in [0.29, 0.717) is 16.0 Å². The van der Waals surface area contributed by atoms with E-state index in [-0.39, 0.29) is 5.82 Å². The van der Waals surface area contributed by atoms with Crippen LogP contribution < -0.4 is 0 Å². The zero-order chi connectivity index (χ0) is 13.4. The van der Waals surface area contributed by atoms with Crippen LogP contribution in [0, 0.1) is 5.82 Å². The molecule has 0 atom stereocenters. The van der Waals surface area contributed by atoms with Gasteiger partial charge in [0, 0.05) is 5.69 Å². The summed E-state index contributed by atoms with van der Waals surface area (Å²) in [5, 5.41) is 1.79. The molecule has 0 amide bonds. The van der Waals surface area contributed by atoms with Crippen LogP contribution in [0.5, 0.6) is 0 Å². The maximum absolute atomic E-state index is 12.9. The van der Waals surface area contributed by atoms with Gasteiger partial charge in [0.1, 0.15) is 16.6 Å². The summed E-state index contributed by atoms with van der Waals surface area (Å²) in [6.07, 6.45) is 1.89. The lowest BCUT2D eigenvalue weighted by atomic mass is 10.1. The van der Waals surface area contributed by atoms with Gasteiger partial charge in [-0.15, -0.1) is 0 Å². The van der Waals surface area contributed by atoms with Gasteiger partial charge in [-0.25, -0.2) is 14.4 Å². The van der Waals surface area contributed by atoms with Gasteiger partial charge in [-0.2, -0.15) is 0 Å². The van der Waals surface area contributed by atoms with Crippen molar-refractivity contribution in [1.29, 1.82) is 0 Å². The van der Waals surface area contributed by atoms with Crippen LogP contribution in [-0.2, 0) is 0 Å². The van der Waals surface area contributed by atoms with Gasteiger partial charge in [0.2, 0.25) is 0 Å². The van der Waals surface area contributed by atoms with Crippen molar-refractivity contribution in [3.05, 3.63) is 41.3 Å². The Hall–Kier alpha value is -1.59. The summed E-state index contributed by atoms with van der Waals surface area (Å²) in [6, 6.07) is 8.12. The molecule has 2 aromatic heterocycles. The predicted octanol–water partition coefficient (Wildman–Crippen LogP) is 4.14. The second-order valence-electron chi connectivity index (χ2n) is 3.95. The summed E-state index contributed by atoms with van der Waals surface area (Å²) in [4.78, 5) is 11.7. The number of aromatic nitrogens is 3. The minimum absolute atomic E-state index is 0.262. The normalized spacial score (nSPS) is 11.1. The van der Waals surface area contributed by atoms with Gasteiger partial charge in [-0.3, -0.25) is 0 Å². The molecule has 0 fully saturated rings. The van der Waals surface area contributed by atoms with Crippen LogP contribution in [0.25, 0.3) is 22.3 Å². The molecule has 3 aromatic rings. The Morgan fingerprint density at radius 3 is 2.63 bits per heavy atom. The topological polar surface area (TPSA) is 41.6 Å². The molecule has 6 heteroatoms. The minimum Gasteiger partial charge on any atom is -0.339 e. The average Bonchev–Trinajstić information content (AvgIpc) is 2.84. The highest BCUT2D eigenvalue weighted by Gasteiger charge is 2.10. The maximum Gasteiger partial charge on any atom is 0.190 e. The second kappa shape index (κ2) is 4.83. The number of rotatable bonds is 2. The van der Waals surface area contributed by atoms with Gasteiger partial charge >= 0.3 is 0 Å². The summed E-state index contributed by atoms with van der Waals surface area (Å²) in [6.45, 7) is 0. The van der Waals surface area contributed by atoms with Crippen molar-refractivity contribution >= 4 is 34.4 Å². The van der Waals surface area contributed by atoms with Crippen molar-refractivity contribution in [1.82, 2.24) is 15.0 Å². The zero-order valence-electron chi connectivity index (χ0n) is 9.95. The van der Waals surface area contributed by atoms with Gasteiger partial charge in [0.15, 0.2) is 5.16 Å². The van der Waals surface area contributed by atoms with E-state index in [1.807, 2.05) is 12.3 Å². The molecule has 0 saturated carbocycles. The third-order valence-corrected chi connectivity index (χ3v) is 3.59. The molecular formula is C13H9ClFN3S. The summed E-state index contributed by atoms with van der Waals surface area (Å²) < 4.78 is 12.9. The molecule has 19 heavy (non-hydrogen) atoms. The molecule has 0 bridgehead atoms. The quantitative estimate of drug-likeness (QED) is 0.439. The molecule has 0 radical (unpaired) electrons. The first-order valence-corrected chi connectivity index (χ1v) is 7.14. The summed E-state index contributed by atoms with van der Waals surface area (Å²) >= 11 is 7.55. The first-order valence-electron chi connectivity index (χ1n) is 5.53. The monoisotopic (exact) mass is 293 g/mol. The number of fused-ring (bicyclic) bond motifs is 1. The number of hydrogen-bond acceptors (Lipinski definition) is 3. The molecule has 1 N–H and O–H groups in total. The molecule has 0 spiro atoms. The number of nitrogens with zero attached hydrogens (tertiary/aromatic N) is 2. The zero-order valence-corrected chi connectivity index (χ0v) is 11.5. The van der Waals surface area contributed by atoms with Gasteiger partial charge in [-0.05, 0) is 42.2 Å². The molecule has 3 rings (SSSR count). The van der Waals surface area contributed by atoms with E-state index in [2.05, 4.69) is 15.0 Å². The molecule has 0 aliphatic heterocycles. The first kappa shape index (κ1) is 12.4. The predicted molar refractivity (Wildman–Crippen MR) is 76.1 cm³/mol. The fourth-order valence-electron chi connectivity index (χ4n) is 1.83. The molecule has 96 valence electrons. The van der Waals surface area contributed by atoms with Crippen LogP contribution in [0.4, 0.5) is 4.39 Å². The number of halogens is 2. The van der Waals surface area contributed by atoms with Gasteiger partial charge < -0.3 is 4.98 Å². The van der Waals surface area contributed by atoms with Crippen molar-refractivity contribution in [2.75, 3.05) is 6.26 Å². The lowest BCUT2D eigenvalue weighted by molar-refractivity contribution is 0.628. The second-order valence-corrected chi connectivity index (χ2v) is 5.08. The molecule has 0 aliphatic carbocycles. The highest BCUT2D eigenvalue weighted by Crippen LogP contribution is 2.28. The Morgan fingerprint density at radius 2 is 1.95 bits per heavy atom. The molecule has 2 heterocycles. The standard InChI is InChI=1S/C13H9ClFN3S/c1-19-13-17-11(14)9-6-10(16-12(9)18-13)7-2-4-8(15)5-3-7/h2-6H,1H3,(H,16,17,18). The van der Waals surface area contributed by atoms with Gasteiger partial charge in [0.25, 0.3) is 0 Å². The van der Waals surface area contributed by atoms with Crippen molar-refractivity contribution in [2.24, 2.45) is 0 Å². The average molecular weight is 294 g/mol. The molecule has 0 unspecified atom stereocenters. The third-order valence-electron chi connectivity index (χ3n) is 2.76. The lowest BCUT2D eigenvalue weighted by Crippen LogP contribution is -1.87. The van der Waals surface area contributed by atoms with E-state index in [0.717, 1.165) is 16.6 Å². The Bertz CT molecular complexity index is 739. The van der Waals surface area contributed by atoms with Crippen LogP contribution in [0.15, 0.2) is 35.5 Å².